The molecule has 78 valence electrons. The van der Waals surface area contributed by atoms with Gasteiger partial charge in [0.2, 0.25) is 0 Å². The predicted octanol–water partition coefficient (Wildman–Crippen LogP) is 3.59. The molecule has 2 aromatic rings. The number of fused-ring (bicyclic) bond motifs is 1. The number of hydrogen-bond donors (Lipinski definition) is 0. The van der Waals surface area contributed by atoms with Gasteiger partial charge in [-0.3, -0.25) is 0 Å². The molecule has 0 spiro atoms. The summed E-state index contributed by atoms with van der Waals surface area (Å²) in [7, 11) is 1.61. The molecule has 0 atom stereocenters. The van der Waals surface area contributed by atoms with Crippen LogP contribution >= 0.6 is 15.9 Å². The van der Waals surface area contributed by atoms with E-state index < -0.39 is 0 Å². The Labute approximate surface area is 96.9 Å². The molecular weight excluding hydrogens is 256 g/mol. The van der Waals surface area contributed by atoms with Gasteiger partial charge in [-0.15, -0.1) is 0 Å². The van der Waals surface area contributed by atoms with Gasteiger partial charge < -0.3 is 9.47 Å². The molecular formula is C12H11BrO2. The Balaban J connectivity index is 2.45. The molecule has 0 radical (unpaired) electrons. The van der Waals surface area contributed by atoms with Gasteiger partial charge in [0.25, 0.3) is 0 Å². The predicted molar refractivity (Wildman–Crippen MR) is 64.2 cm³/mol. The van der Waals surface area contributed by atoms with Crippen molar-refractivity contribution in [2.24, 2.45) is 0 Å². The average Bonchev–Trinajstić information content (AvgIpc) is 2.29. The molecule has 0 saturated heterocycles. The Kier molecular flexibility index (Phi) is 3.23. The zero-order chi connectivity index (χ0) is 10.7. The smallest absolute Gasteiger partial charge is 0.188 e. The van der Waals surface area contributed by atoms with Crippen LogP contribution in [0.4, 0.5) is 0 Å². The Hall–Kier alpha value is -1.06. The van der Waals surface area contributed by atoms with Gasteiger partial charge in [0, 0.05) is 7.11 Å². The maximum absolute atomic E-state index is 5.42. The van der Waals surface area contributed by atoms with Gasteiger partial charge in [0.05, 0.1) is 4.47 Å². The number of ether oxygens (including phenoxy) is 2. The molecule has 2 nitrogen and oxygen atoms in total. The topological polar surface area (TPSA) is 18.5 Å². The average molecular weight is 267 g/mol. The molecule has 3 heteroatoms. The Morgan fingerprint density at radius 1 is 1.13 bits per heavy atom. The highest BCUT2D eigenvalue weighted by Gasteiger charge is 2.04. The summed E-state index contributed by atoms with van der Waals surface area (Å²) in [4.78, 5) is 0. The van der Waals surface area contributed by atoms with Gasteiger partial charge in [-0.2, -0.15) is 0 Å². The monoisotopic (exact) mass is 266 g/mol. The zero-order valence-corrected chi connectivity index (χ0v) is 9.95. The molecule has 2 aromatic carbocycles. The Morgan fingerprint density at radius 3 is 2.73 bits per heavy atom. The molecule has 0 aliphatic heterocycles. The van der Waals surface area contributed by atoms with Crippen molar-refractivity contribution >= 4 is 26.7 Å². The summed E-state index contributed by atoms with van der Waals surface area (Å²) in [5, 5.41) is 2.33. The summed E-state index contributed by atoms with van der Waals surface area (Å²) in [6.45, 7) is 0.261. The van der Waals surface area contributed by atoms with Crippen molar-refractivity contribution in [3.8, 4) is 5.75 Å². The van der Waals surface area contributed by atoms with Crippen molar-refractivity contribution < 1.29 is 9.47 Å². The van der Waals surface area contributed by atoms with E-state index in [1.54, 1.807) is 7.11 Å². The van der Waals surface area contributed by atoms with Crippen molar-refractivity contribution in [3.05, 3.63) is 40.9 Å². The van der Waals surface area contributed by atoms with Crippen molar-refractivity contribution in [1.29, 1.82) is 0 Å². The maximum atomic E-state index is 5.42. The lowest BCUT2D eigenvalue weighted by Gasteiger charge is -2.09. The fraction of sp³-hybridized carbons (Fsp3) is 0.167. The number of benzene rings is 2. The van der Waals surface area contributed by atoms with E-state index in [-0.39, 0.29) is 6.79 Å². The Bertz CT molecular complexity index is 468. The molecule has 0 aromatic heterocycles. The molecule has 0 fully saturated rings. The first kappa shape index (κ1) is 10.5. The van der Waals surface area contributed by atoms with E-state index in [1.165, 1.54) is 5.39 Å². The lowest BCUT2D eigenvalue weighted by molar-refractivity contribution is 0.0507. The summed E-state index contributed by atoms with van der Waals surface area (Å²) < 4.78 is 11.3. The quantitative estimate of drug-likeness (QED) is 0.791. The highest BCUT2D eigenvalue weighted by molar-refractivity contribution is 9.10. The van der Waals surface area contributed by atoms with E-state index in [9.17, 15) is 0 Å². The number of rotatable bonds is 3. The van der Waals surface area contributed by atoms with Gasteiger partial charge in [-0.05, 0) is 32.8 Å². The number of hydrogen-bond acceptors (Lipinski definition) is 2. The third-order valence-electron chi connectivity index (χ3n) is 2.16. The van der Waals surface area contributed by atoms with Crippen LogP contribution in [0.1, 0.15) is 0 Å². The zero-order valence-electron chi connectivity index (χ0n) is 8.37. The van der Waals surface area contributed by atoms with Crippen molar-refractivity contribution in [2.75, 3.05) is 13.9 Å². The van der Waals surface area contributed by atoms with Gasteiger partial charge in [-0.25, -0.2) is 0 Å². The minimum Gasteiger partial charge on any atom is -0.466 e. The third-order valence-corrected chi connectivity index (χ3v) is 2.98. The van der Waals surface area contributed by atoms with Crippen LogP contribution in [0, 0.1) is 0 Å². The van der Waals surface area contributed by atoms with E-state index in [0.717, 1.165) is 15.6 Å². The first-order chi connectivity index (χ1) is 7.33. The van der Waals surface area contributed by atoms with E-state index in [1.807, 2.05) is 24.3 Å². The second-order valence-corrected chi connectivity index (χ2v) is 3.94. The molecule has 0 aliphatic carbocycles. The van der Waals surface area contributed by atoms with Crippen molar-refractivity contribution in [3.63, 3.8) is 0 Å². The fourth-order valence-electron chi connectivity index (χ4n) is 1.45. The standard InChI is InChI=1S/C12H11BrO2/c1-14-8-15-11-7-6-9-4-2-3-5-10(9)12(11)13/h2-7H,8H2,1H3. The van der Waals surface area contributed by atoms with Crippen LogP contribution in [0.5, 0.6) is 5.75 Å². The summed E-state index contributed by atoms with van der Waals surface area (Å²) in [6, 6.07) is 12.1. The van der Waals surface area contributed by atoms with Crippen LogP contribution in [-0.2, 0) is 4.74 Å². The maximum Gasteiger partial charge on any atom is 0.188 e. The van der Waals surface area contributed by atoms with Crippen molar-refractivity contribution in [1.82, 2.24) is 0 Å². The second kappa shape index (κ2) is 4.64. The summed E-state index contributed by atoms with van der Waals surface area (Å²) >= 11 is 3.53. The minimum absolute atomic E-state index is 0.261. The molecule has 0 heterocycles. The van der Waals surface area contributed by atoms with Crippen LogP contribution in [-0.4, -0.2) is 13.9 Å². The summed E-state index contributed by atoms with van der Waals surface area (Å²) in [6.07, 6.45) is 0. The number of halogens is 1. The molecule has 0 N–H and O–H groups in total. The molecule has 15 heavy (non-hydrogen) atoms. The van der Waals surface area contributed by atoms with Crippen LogP contribution in [0.3, 0.4) is 0 Å². The second-order valence-electron chi connectivity index (χ2n) is 3.15. The molecule has 0 aliphatic rings. The molecule has 0 amide bonds. The summed E-state index contributed by atoms with van der Waals surface area (Å²) in [5.41, 5.74) is 0. The van der Waals surface area contributed by atoms with Crippen LogP contribution in [0.15, 0.2) is 40.9 Å². The molecule has 0 saturated carbocycles. The molecule has 2 rings (SSSR count). The fourth-order valence-corrected chi connectivity index (χ4v) is 2.06. The van der Waals surface area contributed by atoms with Crippen LogP contribution in [0.2, 0.25) is 0 Å². The largest absolute Gasteiger partial charge is 0.466 e. The van der Waals surface area contributed by atoms with E-state index in [0.29, 0.717) is 0 Å². The lowest BCUT2D eigenvalue weighted by atomic mass is 10.1. The molecule has 0 unspecified atom stereocenters. The first-order valence-electron chi connectivity index (χ1n) is 4.62. The van der Waals surface area contributed by atoms with Gasteiger partial charge in [-0.1, -0.05) is 30.3 Å². The minimum atomic E-state index is 0.261. The van der Waals surface area contributed by atoms with Crippen molar-refractivity contribution in [2.45, 2.75) is 0 Å². The highest BCUT2D eigenvalue weighted by atomic mass is 79.9. The third kappa shape index (κ3) is 2.13. The van der Waals surface area contributed by atoms with E-state index in [2.05, 4.69) is 28.1 Å². The van der Waals surface area contributed by atoms with E-state index in [4.69, 9.17) is 9.47 Å². The molecule has 0 bridgehead atoms. The van der Waals surface area contributed by atoms with Crippen LogP contribution in [0.25, 0.3) is 10.8 Å². The van der Waals surface area contributed by atoms with E-state index >= 15 is 0 Å². The first-order valence-corrected chi connectivity index (χ1v) is 5.41. The Morgan fingerprint density at radius 2 is 1.93 bits per heavy atom. The highest BCUT2D eigenvalue weighted by Crippen LogP contribution is 2.32. The van der Waals surface area contributed by atoms with Crippen LogP contribution < -0.4 is 4.74 Å². The normalized spacial score (nSPS) is 10.5. The van der Waals surface area contributed by atoms with Gasteiger partial charge in [0.1, 0.15) is 5.75 Å². The SMILES string of the molecule is COCOc1ccc2ccccc2c1Br. The number of methoxy groups -OCH3 is 1. The lowest BCUT2D eigenvalue weighted by Crippen LogP contribution is -1.99. The summed E-state index contributed by atoms with van der Waals surface area (Å²) in [5.74, 6) is 0.801. The van der Waals surface area contributed by atoms with Gasteiger partial charge in [0.15, 0.2) is 6.79 Å². The van der Waals surface area contributed by atoms with Gasteiger partial charge >= 0.3 is 0 Å².